The number of nitrogens with zero attached hydrogens (tertiary/aromatic N) is 1. The predicted octanol–water partition coefficient (Wildman–Crippen LogP) is 2.13. The van der Waals surface area contributed by atoms with Crippen LogP contribution in [-0.2, 0) is 0 Å². The van der Waals surface area contributed by atoms with E-state index in [0.717, 1.165) is 6.42 Å². The second-order valence-corrected chi connectivity index (χ2v) is 3.88. The summed E-state index contributed by atoms with van der Waals surface area (Å²) in [5.74, 6) is -0.114. The molecule has 0 bridgehead atoms. The molecule has 0 saturated heterocycles. The van der Waals surface area contributed by atoms with Crippen LogP contribution in [-0.4, -0.2) is 17.6 Å². The molecule has 0 amide bonds. The van der Waals surface area contributed by atoms with Crippen molar-refractivity contribution < 1.29 is 4.39 Å². The number of rotatable bonds is 4. The average Bonchev–Trinajstić information content (AvgIpc) is 2.17. The second-order valence-electron chi connectivity index (χ2n) is 2.97. The maximum Gasteiger partial charge on any atom is 0.166 e. The number of nitrogens with two attached hydrogens (primary N) is 1. The molecule has 1 rings (SSSR count). The summed E-state index contributed by atoms with van der Waals surface area (Å²) in [6, 6.07) is 1.44. The quantitative estimate of drug-likeness (QED) is 0.873. The standard InChI is InChI=1S/C9H13BrFN3/c1-2-7(4-12)14-9-8(11)3-6(10)5-13-9/h3,5,7H,2,4,12H2,1H3,(H,13,14). The van der Waals surface area contributed by atoms with E-state index in [1.807, 2.05) is 6.92 Å². The molecule has 3 nitrogen and oxygen atoms in total. The number of pyridine rings is 1. The van der Waals surface area contributed by atoms with Gasteiger partial charge < -0.3 is 11.1 Å². The molecule has 0 aliphatic heterocycles. The third-order valence-electron chi connectivity index (χ3n) is 1.93. The van der Waals surface area contributed by atoms with E-state index in [2.05, 4.69) is 26.2 Å². The highest BCUT2D eigenvalue weighted by molar-refractivity contribution is 9.10. The number of halogens is 2. The molecular formula is C9H13BrFN3. The first-order valence-electron chi connectivity index (χ1n) is 4.45. The summed E-state index contributed by atoms with van der Waals surface area (Å²) in [6.07, 6.45) is 2.39. The molecule has 0 aliphatic rings. The van der Waals surface area contributed by atoms with Crippen LogP contribution in [0.15, 0.2) is 16.7 Å². The lowest BCUT2D eigenvalue weighted by Crippen LogP contribution is -2.28. The Hall–Kier alpha value is -0.680. The van der Waals surface area contributed by atoms with Crippen molar-refractivity contribution in [3.05, 3.63) is 22.6 Å². The second kappa shape index (κ2) is 5.26. The zero-order valence-electron chi connectivity index (χ0n) is 7.93. The van der Waals surface area contributed by atoms with Gasteiger partial charge in [0.15, 0.2) is 11.6 Å². The average molecular weight is 262 g/mol. The van der Waals surface area contributed by atoms with E-state index in [4.69, 9.17) is 5.73 Å². The van der Waals surface area contributed by atoms with Crippen LogP contribution < -0.4 is 11.1 Å². The van der Waals surface area contributed by atoms with Gasteiger partial charge in [-0.25, -0.2) is 9.37 Å². The Labute approximate surface area is 91.0 Å². The highest BCUT2D eigenvalue weighted by Crippen LogP contribution is 2.16. The van der Waals surface area contributed by atoms with Crippen molar-refractivity contribution in [3.63, 3.8) is 0 Å². The van der Waals surface area contributed by atoms with E-state index in [0.29, 0.717) is 11.0 Å². The Morgan fingerprint density at radius 1 is 1.71 bits per heavy atom. The maximum atomic E-state index is 13.3. The summed E-state index contributed by atoms with van der Waals surface area (Å²) in [5.41, 5.74) is 5.49. The van der Waals surface area contributed by atoms with Gasteiger partial charge in [0.25, 0.3) is 0 Å². The van der Waals surface area contributed by atoms with Crippen LogP contribution in [0, 0.1) is 5.82 Å². The topological polar surface area (TPSA) is 50.9 Å². The van der Waals surface area contributed by atoms with Crippen molar-refractivity contribution in [2.24, 2.45) is 5.73 Å². The summed E-state index contributed by atoms with van der Waals surface area (Å²) < 4.78 is 13.9. The van der Waals surface area contributed by atoms with Crippen molar-refractivity contribution in [1.82, 2.24) is 4.98 Å². The Morgan fingerprint density at radius 3 is 2.93 bits per heavy atom. The fourth-order valence-electron chi connectivity index (χ4n) is 1.04. The Balaban J connectivity index is 2.76. The Bertz CT molecular complexity index is 302. The van der Waals surface area contributed by atoms with Gasteiger partial charge in [-0.15, -0.1) is 0 Å². The van der Waals surface area contributed by atoms with Crippen LogP contribution in [0.25, 0.3) is 0 Å². The summed E-state index contributed by atoms with van der Waals surface area (Å²) in [7, 11) is 0. The largest absolute Gasteiger partial charge is 0.364 e. The molecule has 1 aromatic rings. The summed E-state index contributed by atoms with van der Waals surface area (Å²) >= 11 is 3.14. The van der Waals surface area contributed by atoms with E-state index in [1.54, 1.807) is 6.20 Å². The van der Waals surface area contributed by atoms with Crippen molar-refractivity contribution in [2.45, 2.75) is 19.4 Å². The third kappa shape index (κ3) is 2.92. The van der Waals surface area contributed by atoms with Gasteiger partial charge in [0.05, 0.1) is 0 Å². The SMILES string of the molecule is CCC(CN)Nc1ncc(Br)cc1F. The summed E-state index contributed by atoms with van der Waals surface area (Å²) in [6.45, 7) is 2.45. The van der Waals surface area contributed by atoms with Crippen LogP contribution in [0.3, 0.4) is 0 Å². The van der Waals surface area contributed by atoms with Crippen LogP contribution in [0.1, 0.15) is 13.3 Å². The van der Waals surface area contributed by atoms with Crippen LogP contribution in [0.2, 0.25) is 0 Å². The minimum atomic E-state index is -0.369. The summed E-state index contributed by atoms with van der Waals surface area (Å²) in [5, 5.41) is 2.94. The lowest BCUT2D eigenvalue weighted by molar-refractivity contribution is 0.613. The van der Waals surface area contributed by atoms with Crippen LogP contribution >= 0.6 is 15.9 Å². The van der Waals surface area contributed by atoms with E-state index < -0.39 is 0 Å². The highest BCUT2D eigenvalue weighted by Gasteiger charge is 2.08. The Morgan fingerprint density at radius 2 is 2.43 bits per heavy atom. The van der Waals surface area contributed by atoms with Crippen molar-refractivity contribution in [2.75, 3.05) is 11.9 Å². The number of nitrogens with one attached hydrogen (secondary N) is 1. The normalized spacial score (nSPS) is 12.6. The van der Waals surface area contributed by atoms with Crippen LogP contribution in [0.4, 0.5) is 10.2 Å². The van der Waals surface area contributed by atoms with E-state index in [-0.39, 0.29) is 17.7 Å². The number of hydrogen-bond donors (Lipinski definition) is 2. The van der Waals surface area contributed by atoms with Gasteiger partial charge in [0.1, 0.15) is 0 Å². The van der Waals surface area contributed by atoms with Gasteiger partial charge >= 0.3 is 0 Å². The molecule has 78 valence electrons. The molecule has 1 unspecified atom stereocenters. The lowest BCUT2D eigenvalue weighted by Gasteiger charge is -2.15. The molecule has 1 heterocycles. The van der Waals surface area contributed by atoms with E-state index >= 15 is 0 Å². The number of anilines is 1. The molecule has 14 heavy (non-hydrogen) atoms. The monoisotopic (exact) mass is 261 g/mol. The fourth-order valence-corrected chi connectivity index (χ4v) is 1.35. The molecule has 0 spiro atoms. The first-order chi connectivity index (χ1) is 6.67. The molecule has 5 heteroatoms. The lowest BCUT2D eigenvalue weighted by atomic mass is 10.2. The van der Waals surface area contributed by atoms with Gasteiger partial charge in [-0.05, 0) is 28.4 Å². The fraction of sp³-hybridized carbons (Fsp3) is 0.444. The zero-order chi connectivity index (χ0) is 10.6. The molecule has 3 N–H and O–H groups in total. The molecule has 0 aliphatic carbocycles. The van der Waals surface area contributed by atoms with E-state index in [1.165, 1.54) is 6.07 Å². The smallest absolute Gasteiger partial charge is 0.166 e. The van der Waals surface area contributed by atoms with Gasteiger partial charge in [0, 0.05) is 23.3 Å². The van der Waals surface area contributed by atoms with Gasteiger partial charge in [0.2, 0.25) is 0 Å². The number of hydrogen-bond acceptors (Lipinski definition) is 3. The summed E-state index contributed by atoms with van der Waals surface area (Å²) in [4.78, 5) is 3.92. The zero-order valence-corrected chi connectivity index (χ0v) is 9.51. The first kappa shape index (κ1) is 11.4. The third-order valence-corrected chi connectivity index (χ3v) is 2.36. The molecule has 0 radical (unpaired) electrons. The van der Waals surface area contributed by atoms with Crippen LogP contribution in [0.5, 0.6) is 0 Å². The van der Waals surface area contributed by atoms with Crippen molar-refractivity contribution in [1.29, 1.82) is 0 Å². The minimum absolute atomic E-state index is 0.0678. The maximum absolute atomic E-state index is 13.3. The molecule has 0 aromatic carbocycles. The first-order valence-corrected chi connectivity index (χ1v) is 5.24. The van der Waals surface area contributed by atoms with Gasteiger partial charge in [-0.3, -0.25) is 0 Å². The number of aromatic nitrogens is 1. The molecule has 1 atom stereocenters. The molecule has 0 fully saturated rings. The van der Waals surface area contributed by atoms with Gasteiger partial charge in [-0.1, -0.05) is 6.92 Å². The Kier molecular flexibility index (Phi) is 4.28. The highest BCUT2D eigenvalue weighted by atomic mass is 79.9. The van der Waals surface area contributed by atoms with Crippen molar-refractivity contribution in [3.8, 4) is 0 Å². The molecule has 0 saturated carbocycles. The minimum Gasteiger partial charge on any atom is -0.364 e. The molecular weight excluding hydrogens is 249 g/mol. The van der Waals surface area contributed by atoms with E-state index in [9.17, 15) is 4.39 Å². The molecule has 1 aromatic heterocycles. The predicted molar refractivity (Wildman–Crippen MR) is 58.7 cm³/mol. The van der Waals surface area contributed by atoms with Crippen molar-refractivity contribution >= 4 is 21.7 Å². The van der Waals surface area contributed by atoms with Gasteiger partial charge in [-0.2, -0.15) is 0 Å².